The maximum absolute atomic E-state index is 10.8. The Morgan fingerprint density at radius 1 is 1.24 bits per heavy atom. The van der Waals surface area contributed by atoms with Crippen LogP contribution in [0.25, 0.3) is 0 Å². The summed E-state index contributed by atoms with van der Waals surface area (Å²) in [6.07, 6.45) is 4.40. The molecule has 0 bridgehead atoms. The molecule has 0 unspecified atom stereocenters. The van der Waals surface area contributed by atoms with Crippen LogP contribution in [0.15, 0.2) is 0 Å². The van der Waals surface area contributed by atoms with Gasteiger partial charge in [-0.15, -0.1) is 0 Å². The third-order valence-electron chi connectivity index (χ3n) is 2.67. The van der Waals surface area contributed by atoms with Gasteiger partial charge in [-0.25, -0.2) is 0 Å². The van der Waals surface area contributed by atoms with Crippen molar-refractivity contribution >= 4 is 20.3 Å². The zero-order chi connectivity index (χ0) is 21.2. The predicted octanol–water partition coefficient (Wildman–Crippen LogP) is -0.239. The number of hydrogen-bond acceptors (Lipinski definition) is 8. The van der Waals surface area contributed by atoms with Gasteiger partial charge in [-0.1, -0.05) is 0 Å². The highest BCUT2D eigenvalue weighted by atomic mass is 16.6. The van der Waals surface area contributed by atoms with Crippen LogP contribution in [0.3, 0.4) is 0 Å². The Morgan fingerprint density at radius 3 is 2.28 bits per heavy atom. The molecule has 1 rings (SSSR count). The topological polar surface area (TPSA) is 112 Å². The van der Waals surface area contributed by atoms with E-state index in [4.69, 9.17) is 22.4 Å². The van der Waals surface area contributed by atoms with Crippen molar-refractivity contribution in [2.45, 2.75) is 38.5 Å². The number of aliphatic hydroxyl groups excluding tert-OH is 2. The zero-order valence-electron chi connectivity index (χ0n) is 17.4. The van der Waals surface area contributed by atoms with Gasteiger partial charge in [-0.05, 0) is 28.4 Å². The minimum Gasteiger partial charge on any atom is -0.466 e. The molecule has 0 atom stereocenters. The molecule has 1 radical (unpaired) electrons. The van der Waals surface area contributed by atoms with Crippen molar-refractivity contribution in [2.75, 3.05) is 53.9 Å². The Hall–Kier alpha value is -1.16. The quantitative estimate of drug-likeness (QED) is 0.326. The molecule has 0 aliphatic carbocycles. The lowest BCUT2D eigenvalue weighted by molar-refractivity contribution is -0.147. The molecule has 1 fully saturated rings. The first-order valence-corrected chi connectivity index (χ1v) is 8.13. The Morgan fingerprint density at radius 2 is 1.92 bits per heavy atom. The largest absolute Gasteiger partial charge is 0.466 e. The molecule has 0 amide bonds. The normalized spacial score (nSPS) is 13.0. The van der Waals surface area contributed by atoms with Crippen molar-refractivity contribution in [2.24, 2.45) is 0 Å². The van der Waals surface area contributed by atoms with Crippen molar-refractivity contribution in [3.05, 3.63) is 0 Å². The van der Waals surface area contributed by atoms with E-state index >= 15 is 0 Å². The second kappa shape index (κ2) is 25.1. The summed E-state index contributed by atoms with van der Waals surface area (Å²) < 4.78 is 30.1. The van der Waals surface area contributed by atoms with Gasteiger partial charge >= 0.3 is 11.9 Å². The smallest absolute Gasteiger partial charge is 0.305 e. The summed E-state index contributed by atoms with van der Waals surface area (Å²) in [6, 6.07) is 0. The molecule has 0 aromatic carbocycles. The van der Waals surface area contributed by atoms with E-state index in [2.05, 4.69) is 9.47 Å². The number of cyclic esters (lactones) is 1. The summed E-state index contributed by atoms with van der Waals surface area (Å²) in [4.78, 5) is 21.1. The fourth-order valence-corrected chi connectivity index (χ4v) is 1.41. The molecule has 0 saturated carbocycles. The van der Waals surface area contributed by atoms with Crippen molar-refractivity contribution in [1.82, 2.24) is 0 Å². The third kappa shape index (κ3) is 28.0. The minimum absolute atomic E-state index is 0.0359. The van der Waals surface area contributed by atoms with E-state index in [0.29, 0.717) is 60.5 Å². The van der Waals surface area contributed by atoms with Crippen LogP contribution in [0.5, 0.6) is 0 Å². The van der Waals surface area contributed by atoms with Crippen LogP contribution in [-0.2, 0) is 28.5 Å². The molecular formula is C16H34BO8. The second-order valence-electron chi connectivity index (χ2n) is 4.79. The average Bonchev–Trinajstić information content (AvgIpc) is 2.65. The van der Waals surface area contributed by atoms with Gasteiger partial charge in [-0.3, -0.25) is 9.59 Å². The van der Waals surface area contributed by atoms with Crippen molar-refractivity contribution in [1.29, 1.82) is 2.67 Å². The molecule has 0 aromatic rings. The first-order chi connectivity index (χ1) is 13.0. The maximum Gasteiger partial charge on any atom is 0.305 e. The molecule has 25 heavy (non-hydrogen) atoms. The molecule has 1 aliphatic heterocycles. The zero-order valence-corrected chi connectivity index (χ0v) is 15.4. The molecule has 1 saturated heterocycles. The van der Waals surface area contributed by atoms with Crippen LogP contribution >= 0.6 is 0 Å². The molecule has 0 spiro atoms. The van der Waals surface area contributed by atoms with Gasteiger partial charge in [0, 0.05) is 33.7 Å². The lowest BCUT2D eigenvalue weighted by atomic mass is 10.2. The van der Waals surface area contributed by atoms with Gasteiger partial charge in [-0.2, -0.15) is 0 Å². The van der Waals surface area contributed by atoms with Crippen molar-refractivity contribution in [3.63, 3.8) is 0 Å². The first kappa shape index (κ1) is 23.8. The number of esters is 2. The van der Waals surface area contributed by atoms with Crippen molar-refractivity contribution < 1.29 is 38.7 Å². The van der Waals surface area contributed by atoms with Gasteiger partial charge in [0.25, 0.3) is 0 Å². The van der Waals surface area contributed by atoms with Gasteiger partial charge in [0.1, 0.15) is 6.61 Å². The van der Waals surface area contributed by atoms with Gasteiger partial charge in [0.15, 0.2) is 0 Å². The van der Waals surface area contributed by atoms with Crippen LogP contribution < -0.4 is 0 Å². The number of unbranched alkanes of at least 4 members (excludes halogenated alkanes) is 1. The molecule has 1 heterocycles. The Labute approximate surface area is 155 Å². The van der Waals surface area contributed by atoms with Crippen LogP contribution in [-0.4, -0.2) is 87.0 Å². The number of methoxy groups -OCH3 is 2. The van der Waals surface area contributed by atoms with E-state index in [0.717, 1.165) is 12.8 Å². The molecule has 149 valence electrons. The molecule has 9 heteroatoms. The molecule has 8 nitrogen and oxygen atoms in total. The van der Waals surface area contributed by atoms with Crippen LogP contribution in [0.2, 0.25) is 0 Å². The molecule has 1 aliphatic rings. The number of rotatable bonds is 9. The van der Waals surface area contributed by atoms with Gasteiger partial charge in [0.05, 0.1) is 34.8 Å². The summed E-state index contributed by atoms with van der Waals surface area (Å²) in [7, 11) is 3.61. The maximum atomic E-state index is 10.8. The van der Waals surface area contributed by atoms with E-state index < -0.39 is 0 Å². The lowest BCUT2D eigenvalue weighted by Gasteiger charge is -2.08. The lowest BCUT2D eigenvalue weighted by Crippen LogP contribution is -2.10. The number of hydrogen-bond donors (Lipinski definition) is 2. The standard InChI is InChI=1S/C8H16O4.C5H8O2.C3H8O2.BH2/c1-11-6-7-12-8(10)4-2-3-5-9;6-5-3-1-2-4-7-5;1-5-3-2-4;/h9H,2-7H2,1H3;1-4H2;4H,2-3H2,1H3;1H2/i;;;1TD. The van der Waals surface area contributed by atoms with Crippen molar-refractivity contribution in [3.8, 4) is 0 Å². The summed E-state index contributed by atoms with van der Waals surface area (Å²) in [5.41, 5.74) is 0. The number of carbonyl (C=O) groups is 2. The van der Waals surface area contributed by atoms with E-state index in [1.807, 2.05) is 0 Å². The summed E-state index contributed by atoms with van der Waals surface area (Å²) >= 11 is 0. The first-order valence-electron chi connectivity index (χ1n) is 9.28. The summed E-state index contributed by atoms with van der Waals surface area (Å²) in [5.74, 6) is -0.258. The second-order valence-corrected chi connectivity index (χ2v) is 4.79. The van der Waals surface area contributed by atoms with Crippen LogP contribution in [0, 0.1) is 0 Å². The number of ether oxygens (including phenoxy) is 4. The van der Waals surface area contributed by atoms with E-state index in [1.54, 1.807) is 14.2 Å². The average molecular weight is 368 g/mol. The highest BCUT2D eigenvalue weighted by Crippen LogP contribution is 2.04. The number of carbonyl (C=O) groups excluding carboxylic acids is 2. The summed E-state index contributed by atoms with van der Waals surface area (Å²) in [6.45, 7) is 2.08. The highest BCUT2D eigenvalue weighted by Gasteiger charge is 2.06. The van der Waals surface area contributed by atoms with Gasteiger partial charge < -0.3 is 29.2 Å². The molecule has 0 aromatic heterocycles. The third-order valence-corrected chi connectivity index (χ3v) is 2.67. The Bertz CT molecular complexity index is 290. The Kier molecular flexibility index (Phi) is 23.9. The van der Waals surface area contributed by atoms with Crippen LogP contribution in [0.4, 0.5) is 0 Å². The SMILES string of the molecule is COCCO.COCCOC(=O)CCCCO.O=C1CCCCO1.[2H][B][3H]. The number of aliphatic hydroxyl groups is 2. The van der Waals surface area contributed by atoms with Crippen LogP contribution in [0.1, 0.15) is 38.5 Å². The fourth-order valence-electron chi connectivity index (χ4n) is 1.41. The highest BCUT2D eigenvalue weighted by molar-refractivity contribution is 5.75. The predicted molar refractivity (Wildman–Crippen MR) is 96.1 cm³/mol. The minimum atomic E-state index is -0.222. The van der Waals surface area contributed by atoms with E-state index in [9.17, 15) is 9.59 Å². The molecule has 2 N–H and O–H groups in total. The van der Waals surface area contributed by atoms with E-state index in [1.165, 1.54) is 0 Å². The summed E-state index contributed by atoms with van der Waals surface area (Å²) in [5, 5.41) is 16.4. The Balaban J connectivity index is -0.000000324. The van der Waals surface area contributed by atoms with E-state index in [-0.39, 0.29) is 25.2 Å². The molecular weight excluding hydrogens is 331 g/mol. The van der Waals surface area contributed by atoms with Gasteiger partial charge in [0.2, 0.25) is 0 Å². The fraction of sp³-hybridized carbons (Fsp3) is 0.875. The monoisotopic (exact) mass is 368 g/mol.